The van der Waals surface area contributed by atoms with Gasteiger partial charge in [0.05, 0.1) is 0 Å². The van der Waals surface area contributed by atoms with E-state index in [0.29, 0.717) is 6.42 Å². The Bertz CT molecular complexity index is 514. The second kappa shape index (κ2) is 8.52. The van der Waals surface area contributed by atoms with Gasteiger partial charge in [-0.2, -0.15) is 0 Å². The number of benzene rings is 1. The van der Waals surface area contributed by atoms with Gasteiger partial charge >= 0.3 is 0 Å². The monoisotopic (exact) mass is 329 g/mol. The van der Waals surface area contributed by atoms with Crippen molar-refractivity contribution in [3.8, 4) is 0 Å². The van der Waals surface area contributed by atoms with Crippen molar-refractivity contribution in [3.63, 3.8) is 0 Å². The number of nitrogens with zero attached hydrogens (tertiary/aromatic N) is 2. The molecule has 1 amide bonds. The van der Waals surface area contributed by atoms with Crippen LogP contribution in [-0.2, 0) is 4.79 Å². The predicted octanol–water partition coefficient (Wildman–Crippen LogP) is 3.74. The number of hydrogen-bond acceptors (Lipinski definition) is 3. The first kappa shape index (κ1) is 17.3. The van der Waals surface area contributed by atoms with Crippen molar-refractivity contribution < 1.29 is 4.79 Å². The first-order valence-electron chi connectivity index (χ1n) is 9.58. The van der Waals surface area contributed by atoms with E-state index in [9.17, 15) is 4.79 Å². The summed E-state index contributed by atoms with van der Waals surface area (Å²) >= 11 is 0. The van der Waals surface area contributed by atoms with Crippen LogP contribution in [0.25, 0.3) is 0 Å². The summed E-state index contributed by atoms with van der Waals surface area (Å²) in [5.74, 6) is 0.972. The van der Waals surface area contributed by atoms with Crippen molar-refractivity contribution in [1.82, 2.24) is 4.90 Å². The fourth-order valence-corrected chi connectivity index (χ4v) is 3.69. The lowest BCUT2D eigenvalue weighted by Gasteiger charge is -2.32. The van der Waals surface area contributed by atoms with E-state index in [2.05, 4.69) is 34.2 Å². The van der Waals surface area contributed by atoms with Crippen molar-refractivity contribution in [3.05, 3.63) is 24.3 Å². The molecule has 0 saturated carbocycles. The summed E-state index contributed by atoms with van der Waals surface area (Å²) in [7, 11) is 0. The summed E-state index contributed by atoms with van der Waals surface area (Å²) in [6.07, 6.45) is 7.03. The van der Waals surface area contributed by atoms with Gasteiger partial charge in [-0.15, -0.1) is 0 Å². The number of piperidine rings is 2. The Morgan fingerprint density at radius 2 is 1.71 bits per heavy atom. The van der Waals surface area contributed by atoms with Crippen LogP contribution in [-0.4, -0.2) is 43.5 Å². The highest BCUT2D eigenvalue weighted by molar-refractivity contribution is 5.91. The molecule has 2 heterocycles. The second-order valence-corrected chi connectivity index (χ2v) is 7.42. The molecule has 24 heavy (non-hydrogen) atoms. The van der Waals surface area contributed by atoms with Crippen molar-refractivity contribution >= 4 is 17.3 Å². The van der Waals surface area contributed by atoms with Crippen LogP contribution < -0.4 is 10.2 Å². The Labute approximate surface area is 146 Å². The number of hydrogen-bond donors (Lipinski definition) is 1. The van der Waals surface area contributed by atoms with Gasteiger partial charge in [0.25, 0.3) is 0 Å². The van der Waals surface area contributed by atoms with Gasteiger partial charge < -0.3 is 15.1 Å². The number of nitrogens with one attached hydrogen (secondary N) is 1. The minimum Gasteiger partial charge on any atom is -0.372 e. The Morgan fingerprint density at radius 1 is 1.04 bits per heavy atom. The number of rotatable bonds is 5. The maximum Gasteiger partial charge on any atom is 0.225 e. The molecule has 2 aliphatic rings. The zero-order valence-corrected chi connectivity index (χ0v) is 15.0. The third-order valence-electron chi connectivity index (χ3n) is 5.40. The Balaban J connectivity index is 1.44. The molecule has 0 radical (unpaired) electrons. The van der Waals surface area contributed by atoms with E-state index >= 15 is 0 Å². The zero-order chi connectivity index (χ0) is 16.8. The van der Waals surface area contributed by atoms with Gasteiger partial charge in [0, 0.05) is 37.4 Å². The summed E-state index contributed by atoms with van der Waals surface area (Å²) < 4.78 is 0. The van der Waals surface area contributed by atoms with E-state index in [0.717, 1.165) is 44.3 Å². The number of amides is 1. The van der Waals surface area contributed by atoms with E-state index in [-0.39, 0.29) is 5.91 Å². The minimum absolute atomic E-state index is 0.125. The highest BCUT2D eigenvalue weighted by Gasteiger charge is 2.16. The summed E-state index contributed by atoms with van der Waals surface area (Å²) in [5, 5.41) is 3.03. The normalized spacial score (nSPS) is 20.1. The average Bonchev–Trinajstić information content (AvgIpc) is 2.62. The quantitative estimate of drug-likeness (QED) is 0.894. The SMILES string of the molecule is CC1CCN(c2ccc(NC(=O)CCN3CCCCC3)cc2)CC1. The Kier molecular flexibility index (Phi) is 6.13. The molecule has 0 aromatic heterocycles. The largest absolute Gasteiger partial charge is 0.372 e. The van der Waals surface area contributed by atoms with Gasteiger partial charge in [0.2, 0.25) is 5.91 Å². The van der Waals surface area contributed by atoms with Gasteiger partial charge in [-0.1, -0.05) is 13.3 Å². The molecule has 2 aliphatic heterocycles. The van der Waals surface area contributed by atoms with E-state index in [4.69, 9.17) is 0 Å². The Hall–Kier alpha value is -1.55. The van der Waals surface area contributed by atoms with Crippen LogP contribution >= 0.6 is 0 Å². The number of carbonyl (C=O) groups excluding carboxylic acids is 1. The maximum atomic E-state index is 12.1. The maximum absolute atomic E-state index is 12.1. The number of anilines is 2. The third-order valence-corrected chi connectivity index (χ3v) is 5.40. The van der Waals surface area contributed by atoms with Gasteiger partial charge in [0.15, 0.2) is 0 Å². The van der Waals surface area contributed by atoms with Crippen LogP contribution in [0.1, 0.15) is 45.4 Å². The van der Waals surface area contributed by atoms with E-state index < -0.39 is 0 Å². The molecule has 0 atom stereocenters. The third kappa shape index (κ3) is 4.97. The lowest BCUT2D eigenvalue weighted by molar-refractivity contribution is -0.116. The van der Waals surface area contributed by atoms with Gasteiger partial charge in [-0.25, -0.2) is 0 Å². The second-order valence-electron chi connectivity index (χ2n) is 7.42. The predicted molar refractivity (Wildman–Crippen MR) is 101 cm³/mol. The zero-order valence-electron chi connectivity index (χ0n) is 15.0. The van der Waals surface area contributed by atoms with Gasteiger partial charge in [-0.05, 0) is 69.0 Å². The van der Waals surface area contributed by atoms with Crippen LogP contribution in [0, 0.1) is 5.92 Å². The fraction of sp³-hybridized carbons (Fsp3) is 0.650. The smallest absolute Gasteiger partial charge is 0.225 e. The van der Waals surface area contributed by atoms with Gasteiger partial charge in [0.1, 0.15) is 0 Å². The number of carbonyl (C=O) groups is 1. The summed E-state index contributed by atoms with van der Waals surface area (Å²) in [4.78, 5) is 17.0. The Morgan fingerprint density at radius 3 is 2.38 bits per heavy atom. The number of likely N-dealkylation sites (tertiary alicyclic amines) is 1. The standard InChI is InChI=1S/C20H31N3O/c1-17-9-15-23(16-10-17)19-7-5-18(6-8-19)21-20(24)11-14-22-12-3-2-4-13-22/h5-8,17H,2-4,9-16H2,1H3,(H,21,24). The van der Waals surface area contributed by atoms with Crippen LogP contribution in [0.4, 0.5) is 11.4 Å². The molecule has 1 aromatic carbocycles. The average molecular weight is 329 g/mol. The molecule has 3 rings (SSSR count). The molecule has 2 fully saturated rings. The molecule has 0 aliphatic carbocycles. The molecule has 0 bridgehead atoms. The summed E-state index contributed by atoms with van der Waals surface area (Å²) in [6, 6.07) is 8.34. The molecule has 1 aromatic rings. The highest BCUT2D eigenvalue weighted by Crippen LogP contribution is 2.24. The molecular weight excluding hydrogens is 298 g/mol. The van der Waals surface area contributed by atoms with E-state index in [1.54, 1.807) is 0 Å². The summed E-state index contributed by atoms with van der Waals surface area (Å²) in [5.41, 5.74) is 2.18. The van der Waals surface area contributed by atoms with Crippen LogP contribution in [0.15, 0.2) is 24.3 Å². The van der Waals surface area contributed by atoms with E-state index in [1.165, 1.54) is 37.8 Å². The van der Waals surface area contributed by atoms with Crippen LogP contribution in [0.3, 0.4) is 0 Å². The minimum atomic E-state index is 0.125. The summed E-state index contributed by atoms with van der Waals surface area (Å²) in [6.45, 7) is 7.80. The molecule has 1 N–H and O–H groups in total. The van der Waals surface area contributed by atoms with Gasteiger partial charge in [-0.3, -0.25) is 4.79 Å². The fourth-order valence-electron chi connectivity index (χ4n) is 3.69. The van der Waals surface area contributed by atoms with Crippen LogP contribution in [0.5, 0.6) is 0 Å². The molecule has 2 saturated heterocycles. The van der Waals surface area contributed by atoms with E-state index in [1.807, 2.05) is 12.1 Å². The molecule has 0 spiro atoms. The lowest BCUT2D eigenvalue weighted by atomic mass is 9.99. The first-order valence-corrected chi connectivity index (χ1v) is 9.58. The molecule has 4 nitrogen and oxygen atoms in total. The van der Waals surface area contributed by atoms with Crippen molar-refractivity contribution in [2.24, 2.45) is 5.92 Å². The van der Waals surface area contributed by atoms with Crippen LogP contribution in [0.2, 0.25) is 0 Å². The molecule has 4 heteroatoms. The van der Waals surface area contributed by atoms with Crippen molar-refractivity contribution in [2.45, 2.75) is 45.4 Å². The molecule has 132 valence electrons. The highest BCUT2D eigenvalue weighted by atomic mass is 16.1. The topological polar surface area (TPSA) is 35.6 Å². The molecular formula is C20H31N3O. The first-order chi connectivity index (χ1) is 11.7. The molecule has 0 unspecified atom stereocenters. The van der Waals surface area contributed by atoms with Crippen molar-refractivity contribution in [1.29, 1.82) is 0 Å². The van der Waals surface area contributed by atoms with Crippen molar-refractivity contribution in [2.75, 3.05) is 42.9 Å². The lowest BCUT2D eigenvalue weighted by Crippen LogP contribution is -2.33.